The van der Waals surface area contributed by atoms with Crippen molar-refractivity contribution in [1.29, 1.82) is 0 Å². The van der Waals surface area contributed by atoms with E-state index in [9.17, 15) is 9.59 Å². The van der Waals surface area contributed by atoms with E-state index in [4.69, 9.17) is 9.84 Å². The van der Waals surface area contributed by atoms with Crippen molar-refractivity contribution in [3.63, 3.8) is 0 Å². The number of unbranched alkanes of at least 4 members (excludes halogenated alkanes) is 5. The molecule has 172 valence electrons. The molecular weight excluding hydrogens is 432 g/mol. The van der Waals surface area contributed by atoms with Crippen molar-refractivity contribution in [3.05, 3.63) is 83.9 Å². The van der Waals surface area contributed by atoms with Crippen molar-refractivity contribution in [3.8, 4) is 16.9 Å². The van der Waals surface area contributed by atoms with Crippen molar-refractivity contribution in [2.75, 3.05) is 5.75 Å². The van der Waals surface area contributed by atoms with Gasteiger partial charge in [0, 0.05) is 4.90 Å². The van der Waals surface area contributed by atoms with E-state index in [2.05, 4.69) is 31.2 Å². The molecule has 0 saturated heterocycles. The Morgan fingerprint density at radius 1 is 0.727 bits per heavy atom. The Kier molecular flexibility index (Phi) is 9.58. The Morgan fingerprint density at radius 3 is 1.88 bits per heavy atom. The van der Waals surface area contributed by atoms with Crippen molar-refractivity contribution in [2.45, 2.75) is 50.3 Å². The molecule has 0 saturated carbocycles. The number of hydrogen-bond donors (Lipinski definition) is 1. The minimum Gasteiger partial charge on any atom is -0.478 e. The first-order valence-electron chi connectivity index (χ1n) is 11.5. The van der Waals surface area contributed by atoms with Crippen LogP contribution in [0.1, 0.15) is 66.2 Å². The minimum absolute atomic E-state index is 0.144. The summed E-state index contributed by atoms with van der Waals surface area (Å²) < 4.78 is 5.34. The third-order valence-corrected chi connectivity index (χ3v) is 6.48. The van der Waals surface area contributed by atoms with Gasteiger partial charge in [-0.05, 0) is 71.8 Å². The number of carbonyl (C=O) groups is 2. The molecule has 0 aromatic heterocycles. The molecule has 0 aliphatic rings. The van der Waals surface area contributed by atoms with Crippen LogP contribution in [-0.4, -0.2) is 22.8 Å². The van der Waals surface area contributed by atoms with E-state index in [0.29, 0.717) is 11.3 Å². The first-order valence-corrected chi connectivity index (χ1v) is 12.4. The van der Waals surface area contributed by atoms with Crippen LogP contribution in [0.3, 0.4) is 0 Å². The lowest BCUT2D eigenvalue weighted by Crippen LogP contribution is -2.08. The van der Waals surface area contributed by atoms with Crippen LogP contribution in [0.4, 0.5) is 0 Å². The van der Waals surface area contributed by atoms with Crippen molar-refractivity contribution >= 4 is 23.7 Å². The Morgan fingerprint density at radius 2 is 1.27 bits per heavy atom. The number of esters is 1. The lowest BCUT2D eigenvalue weighted by atomic mass is 10.0. The second-order valence-corrected chi connectivity index (χ2v) is 9.11. The van der Waals surface area contributed by atoms with Crippen molar-refractivity contribution in [1.82, 2.24) is 0 Å². The van der Waals surface area contributed by atoms with Crippen molar-refractivity contribution < 1.29 is 19.4 Å². The molecule has 3 aromatic rings. The van der Waals surface area contributed by atoms with Gasteiger partial charge in [0.25, 0.3) is 0 Å². The highest BCUT2D eigenvalue weighted by Crippen LogP contribution is 2.26. The quantitative estimate of drug-likeness (QED) is 0.129. The summed E-state index contributed by atoms with van der Waals surface area (Å²) >= 11 is 1.90. The topological polar surface area (TPSA) is 63.6 Å². The van der Waals surface area contributed by atoms with Gasteiger partial charge in [0.2, 0.25) is 0 Å². The maximum atomic E-state index is 12.4. The molecule has 0 unspecified atom stereocenters. The van der Waals surface area contributed by atoms with E-state index >= 15 is 0 Å². The number of thioether (sulfide) groups is 1. The number of benzene rings is 3. The van der Waals surface area contributed by atoms with Gasteiger partial charge >= 0.3 is 11.9 Å². The fourth-order valence-electron chi connectivity index (χ4n) is 3.45. The highest BCUT2D eigenvalue weighted by molar-refractivity contribution is 7.99. The van der Waals surface area contributed by atoms with Gasteiger partial charge in [-0.15, -0.1) is 11.8 Å². The molecule has 0 radical (unpaired) electrons. The predicted octanol–water partition coefficient (Wildman–Crippen LogP) is 7.72. The fraction of sp³-hybridized carbons (Fsp3) is 0.286. The van der Waals surface area contributed by atoms with E-state index in [-0.39, 0.29) is 5.56 Å². The second kappa shape index (κ2) is 12.9. The van der Waals surface area contributed by atoms with Gasteiger partial charge in [-0.3, -0.25) is 0 Å². The molecule has 0 atom stereocenters. The highest BCUT2D eigenvalue weighted by atomic mass is 32.2. The minimum atomic E-state index is -1.02. The molecule has 5 heteroatoms. The molecule has 1 N–H and O–H groups in total. The SMILES string of the molecule is CCCCCCCCSc1ccc(-c2ccc(C(=O)Oc3ccc(C(=O)O)cc3)cc2)cc1. The third kappa shape index (κ3) is 7.79. The molecule has 0 aliphatic carbocycles. The molecule has 3 rings (SSSR count). The summed E-state index contributed by atoms with van der Waals surface area (Å²) in [5.74, 6) is -0.0384. The molecule has 0 amide bonds. The summed E-state index contributed by atoms with van der Waals surface area (Å²) in [4.78, 5) is 24.6. The van der Waals surface area contributed by atoms with E-state index in [1.165, 1.54) is 67.7 Å². The zero-order chi connectivity index (χ0) is 23.5. The van der Waals surface area contributed by atoms with Gasteiger partial charge in [-0.25, -0.2) is 9.59 Å². The highest BCUT2D eigenvalue weighted by Gasteiger charge is 2.10. The molecular formula is C28H30O4S. The zero-order valence-electron chi connectivity index (χ0n) is 19.0. The number of carboxylic acids is 1. The number of rotatable bonds is 12. The van der Waals surface area contributed by atoms with Crippen LogP contribution in [0.2, 0.25) is 0 Å². The Balaban J connectivity index is 1.49. The van der Waals surface area contributed by atoms with Gasteiger partial charge in [0.1, 0.15) is 5.75 Å². The summed E-state index contributed by atoms with van der Waals surface area (Å²) in [7, 11) is 0. The van der Waals surface area contributed by atoms with E-state index in [1.807, 2.05) is 23.9 Å². The number of carboxylic acid groups (broad SMARTS) is 1. The second-order valence-electron chi connectivity index (χ2n) is 7.94. The largest absolute Gasteiger partial charge is 0.478 e. The summed E-state index contributed by atoms with van der Waals surface area (Å²) in [6.07, 6.45) is 7.91. The van der Waals surface area contributed by atoms with Crippen LogP contribution in [0.15, 0.2) is 77.7 Å². The molecule has 0 aliphatic heterocycles. The smallest absolute Gasteiger partial charge is 0.343 e. The number of ether oxygens (including phenoxy) is 1. The Labute approximate surface area is 200 Å². The van der Waals surface area contributed by atoms with Gasteiger partial charge in [0.15, 0.2) is 0 Å². The number of aromatic carboxylic acids is 1. The molecule has 0 fully saturated rings. The third-order valence-electron chi connectivity index (χ3n) is 5.39. The van der Waals surface area contributed by atoms with Crippen molar-refractivity contribution in [2.24, 2.45) is 0 Å². The molecule has 4 nitrogen and oxygen atoms in total. The molecule has 0 bridgehead atoms. The van der Waals surface area contributed by atoms with Crippen LogP contribution in [0.25, 0.3) is 11.1 Å². The van der Waals surface area contributed by atoms with Crippen LogP contribution < -0.4 is 4.74 Å². The van der Waals surface area contributed by atoms with Crippen LogP contribution in [0, 0.1) is 0 Å². The molecule has 0 heterocycles. The van der Waals surface area contributed by atoms with Crippen LogP contribution in [0.5, 0.6) is 5.75 Å². The molecule has 33 heavy (non-hydrogen) atoms. The summed E-state index contributed by atoms with van der Waals surface area (Å²) in [5.41, 5.74) is 2.71. The fourth-order valence-corrected chi connectivity index (χ4v) is 4.36. The van der Waals surface area contributed by atoms with Gasteiger partial charge in [0.05, 0.1) is 11.1 Å². The lowest BCUT2D eigenvalue weighted by Gasteiger charge is -2.07. The van der Waals surface area contributed by atoms with Gasteiger partial charge in [-0.2, -0.15) is 0 Å². The Hall–Kier alpha value is -3.05. The number of hydrogen-bond acceptors (Lipinski definition) is 4. The number of carbonyl (C=O) groups excluding carboxylic acids is 1. The van der Waals surface area contributed by atoms with Crippen LogP contribution in [-0.2, 0) is 0 Å². The van der Waals surface area contributed by atoms with E-state index < -0.39 is 11.9 Å². The monoisotopic (exact) mass is 462 g/mol. The van der Waals surface area contributed by atoms with Crippen LogP contribution >= 0.6 is 11.8 Å². The summed E-state index contributed by atoms with van der Waals surface area (Å²) in [6, 6.07) is 21.6. The molecule has 3 aromatic carbocycles. The van der Waals surface area contributed by atoms with E-state index in [0.717, 1.165) is 16.9 Å². The maximum absolute atomic E-state index is 12.4. The van der Waals surface area contributed by atoms with E-state index in [1.54, 1.807) is 12.1 Å². The summed E-state index contributed by atoms with van der Waals surface area (Å²) in [5, 5.41) is 8.94. The lowest BCUT2D eigenvalue weighted by molar-refractivity contribution is 0.0696. The normalized spacial score (nSPS) is 10.7. The summed E-state index contributed by atoms with van der Waals surface area (Å²) in [6.45, 7) is 2.24. The predicted molar refractivity (Wildman–Crippen MR) is 134 cm³/mol. The van der Waals surface area contributed by atoms with Gasteiger partial charge < -0.3 is 9.84 Å². The first-order chi connectivity index (χ1) is 16.1. The maximum Gasteiger partial charge on any atom is 0.343 e. The average molecular weight is 463 g/mol. The van der Waals surface area contributed by atoms with Gasteiger partial charge in [-0.1, -0.05) is 63.3 Å². The first kappa shape index (κ1) is 24.6. The molecule has 0 spiro atoms. The Bertz CT molecular complexity index is 1030. The average Bonchev–Trinajstić information content (AvgIpc) is 2.84. The zero-order valence-corrected chi connectivity index (χ0v) is 19.8. The standard InChI is InChI=1S/C28H30O4S/c1-2-3-4-5-6-7-20-33-26-18-14-22(15-19-26)21-8-10-24(11-9-21)28(31)32-25-16-12-23(13-17-25)27(29)30/h8-19H,2-7,20H2,1H3,(H,29,30).